The van der Waals surface area contributed by atoms with E-state index < -0.39 is 0 Å². The van der Waals surface area contributed by atoms with Crippen molar-refractivity contribution >= 4 is 5.91 Å². The third-order valence-corrected chi connectivity index (χ3v) is 7.72. The summed E-state index contributed by atoms with van der Waals surface area (Å²) in [4.78, 5) is 19.6. The van der Waals surface area contributed by atoms with Crippen molar-refractivity contribution in [2.24, 2.45) is 5.92 Å². The molecular weight excluding hydrogens is 481 g/mol. The molecule has 0 spiro atoms. The first kappa shape index (κ1) is 26.2. The second-order valence-electron chi connectivity index (χ2n) is 10.2. The number of fused-ring (bicyclic) bond motifs is 1. The number of likely N-dealkylation sites (tertiary alicyclic amines) is 1. The second kappa shape index (κ2) is 11.5. The van der Waals surface area contributed by atoms with Gasteiger partial charge in [0.1, 0.15) is 17.3 Å². The van der Waals surface area contributed by atoms with Crippen LogP contribution in [0, 0.1) is 18.7 Å². The van der Waals surface area contributed by atoms with Gasteiger partial charge in [0, 0.05) is 36.1 Å². The van der Waals surface area contributed by atoms with Gasteiger partial charge in [-0.3, -0.25) is 14.7 Å². The van der Waals surface area contributed by atoms with Gasteiger partial charge in [0.25, 0.3) is 5.91 Å². The maximum atomic E-state index is 13.6. The van der Waals surface area contributed by atoms with E-state index in [-0.39, 0.29) is 17.8 Å². The van der Waals surface area contributed by atoms with Gasteiger partial charge < -0.3 is 14.8 Å². The van der Waals surface area contributed by atoms with E-state index in [0.29, 0.717) is 30.7 Å². The predicted octanol–water partition coefficient (Wildman–Crippen LogP) is 5.78. The van der Waals surface area contributed by atoms with Crippen molar-refractivity contribution in [3.63, 3.8) is 0 Å². The van der Waals surface area contributed by atoms with Crippen LogP contribution in [0.25, 0.3) is 11.1 Å². The lowest BCUT2D eigenvalue weighted by Gasteiger charge is -2.26. The minimum absolute atomic E-state index is 0.0151. The number of nitrogens with zero attached hydrogens (tertiary/aromatic N) is 2. The summed E-state index contributed by atoms with van der Waals surface area (Å²) in [6.07, 6.45) is 4.80. The smallest absolute Gasteiger partial charge is 0.251 e. The molecule has 1 saturated heterocycles. The summed E-state index contributed by atoms with van der Waals surface area (Å²) < 4.78 is 25.7. The van der Waals surface area contributed by atoms with Crippen LogP contribution >= 0.6 is 0 Å². The highest BCUT2D eigenvalue weighted by atomic mass is 19.1. The number of carbonyl (C=O) groups is 1. The summed E-state index contributed by atoms with van der Waals surface area (Å²) in [5.41, 5.74) is 4.36. The summed E-state index contributed by atoms with van der Waals surface area (Å²) in [6, 6.07) is 14.9. The standard InChI is InChI=1S/C31H36FN3O3/c1-4-37-28-17-21(18-29(38-5-2)30(28)22-6-8-24(32)9-7-22)19-35-15-13-25-26(10-11-27(25)35)34-31(36)23-12-14-33-20(3)16-23/h6-9,12,14,16-18,25-27H,4-5,10-11,13,15,19H2,1-3H3,(H,34,36). The van der Waals surface area contributed by atoms with Crippen LogP contribution in [0.2, 0.25) is 0 Å². The first-order chi connectivity index (χ1) is 18.5. The molecule has 1 N–H and O–H groups in total. The van der Waals surface area contributed by atoms with Crippen molar-refractivity contribution < 1.29 is 18.7 Å². The van der Waals surface area contributed by atoms with Gasteiger partial charge in [0.05, 0.1) is 18.8 Å². The Morgan fingerprint density at radius 3 is 2.39 bits per heavy atom. The highest BCUT2D eigenvalue weighted by Crippen LogP contribution is 2.43. The maximum absolute atomic E-state index is 13.6. The predicted molar refractivity (Wildman–Crippen MR) is 146 cm³/mol. The summed E-state index contributed by atoms with van der Waals surface area (Å²) in [5, 5.41) is 3.30. The lowest BCUT2D eigenvalue weighted by Crippen LogP contribution is -2.39. The van der Waals surface area contributed by atoms with Crippen LogP contribution in [-0.2, 0) is 6.54 Å². The van der Waals surface area contributed by atoms with Gasteiger partial charge in [-0.2, -0.15) is 0 Å². The number of hydrogen-bond acceptors (Lipinski definition) is 5. The second-order valence-corrected chi connectivity index (χ2v) is 10.2. The Labute approximate surface area is 224 Å². The van der Waals surface area contributed by atoms with Gasteiger partial charge in [-0.25, -0.2) is 4.39 Å². The van der Waals surface area contributed by atoms with Crippen LogP contribution in [0.15, 0.2) is 54.7 Å². The molecule has 1 saturated carbocycles. The van der Waals surface area contributed by atoms with Crippen LogP contribution in [0.1, 0.15) is 54.7 Å². The fourth-order valence-electron chi connectivity index (χ4n) is 6.10. The monoisotopic (exact) mass is 517 g/mol. The van der Waals surface area contributed by atoms with Gasteiger partial charge in [0.15, 0.2) is 0 Å². The molecule has 2 fully saturated rings. The summed E-state index contributed by atoms with van der Waals surface area (Å²) >= 11 is 0. The fraction of sp³-hybridized carbons (Fsp3) is 0.419. The number of aryl methyl sites for hydroxylation is 1. The first-order valence-corrected chi connectivity index (χ1v) is 13.6. The SMILES string of the molecule is CCOc1cc(CN2CCC3C(NC(=O)c4ccnc(C)c4)CCC32)cc(OCC)c1-c1ccc(F)cc1. The molecule has 3 unspecified atom stereocenters. The largest absolute Gasteiger partial charge is 0.493 e. The number of hydrogen-bond donors (Lipinski definition) is 1. The Morgan fingerprint density at radius 2 is 1.74 bits per heavy atom. The van der Waals surface area contributed by atoms with E-state index in [2.05, 4.69) is 27.3 Å². The number of aromatic nitrogens is 1. The Hall–Kier alpha value is -3.45. The first-order valence-electron chi connectivity index (χ1n) is 13.6. The molecule has 5 rings (SSSR count). The minimum Gasteiger partial charge on any atom is -0.493 e. The van der Waals surface area contributed by atoms with E-state index in [1.165, 1.54) is 12.1 Å². The summed E-state index contributed by atoms with van der Waals surface area (Å²) in [5.74, 6) is 1.66. The average molecular weight is 518 g/mol. The minimum atomic E-state index is -0.271. The van der Waals surface area contributed by atoms with Crippen molar-refractivity contribution in [2.45, 2.75) is 58.7 Å². The van der Waals surface area contributed by atoms with E-state index in [0.717, 1.165) is 66.2 Å². The normalized spacial score (nSPS) is 20.8. The van der Waals surface area contributed by atoms with Crippen molar-refractivity contribution in [3.8, 4) is 22.6 Å². The zero-order valence-electron chi connectivity index (χ0n) is 22.4. The third-order valence-electron chi connectivity index (χ3n) is 7.72. The van der Waals surface area contributed by atoms with E-state index in [4.69, 9.17) is 9.47 Å². The van der Waals surface area contributed by atoms with Gasteiger partial charge in [-0.1, -0.05) is 12.1 Å². The molecular formula is C31H36FN3O3. The molecule has 7 heteroatoms. The van der Waals surface area contributed by atoms with E-state index in [1.54, 1.807) is 24.4 Å². The van der Waals surface area contributed by atoms with Crippen molar-refractivity contribution in [1.82, 2.24) is 15.2 Å². The van der Waals surface area contributed by atoms with Gasteiger partial charge in [-0.05, 0) is 100 Å². The van der Waals surface area contributed by atoms with Crippen molar-refractivity contribution in [1.29, 1.82) is 0 Å². The molecule has 0 bridgehead atoms. The zero-order chi connectivity index (χ0) is 26.6. The van der Waals surface area contributed by atoms with Gasteiger partial charge in [0.2, 0.25) is 0 Å². The molecule has 2 aromatic carbocycles. The highest BCUT2D eigenvalue weighted by molar-refractivity contribution is 5.94. The van der Waals surface area contributed by atoms with Gasteiger partial charge in [-0.15, -0.1) is 0 Å². The molecule has 0 radical (unpaired) electrons. The van der Waals surface area contributed by atoms with Crippen LogP contribution in [0.5, 0.6) is 11.5 Å². The average Bonchev–Trinajstić information content (AvgIpc) is 3.48. The lowest BCUT2D eigenvalue weighted by atomic mass is 9.99. The zero-order valence-corrected chi connectivity index (χ0v) is 22.4. The Morgan fingerprint density at radius 1 is 1.03 bits per heavy atom. The number of halogens is 1. The molecule has 1 aliphatic carbocycles. The quantitative estimate of drug-likeness (QED) is 0.390. The summed E-state index contributed by atoms with van der Waals surface area (Å²) in [6.45, 7) is 8.65. The summed E-state index contributed by atoms with van der Waals surface area (Å²) in [7, 11) is 0. The van der Waals surface area contributed by atoms with E-state index >= 15 is 0 Å². The van der Waals surface area contributed by atoms with Crippen LogP contribution in [0.3, 0.4) is 0 Å². The van der Waals surface area contributed by atoms with Crippen LogP contribution < -0.4 is 14.8 Å². The Kier molecular flexibility index (Phi) is 7.93. The Bertz CT molecular complexity index is 1250. The molecule has 1 aromatic heterocycles. The number of ether oxygens (including phenoxy) is 2. The van der Waals surface area contributed by atoms with Crippen molar-refractivity contribution in [3.05, 3.63) is 77.4 Å². The third kappa shape index (κ3) is 5.53. The number of amides is 1. The number of nitrogens with one attached hydrogen (secondary N) is 1. The lowest BCUT2D eigenvalue weighted by molar-refractivity contribution is 0.0926. The number of rotatable bonds is 9. The molecule has 3 atom stereocenters. The van der Waals surface area contributed by atoms with Crippen LogP contribution in [0.4, 0.5) is 4.39 Å². The van der Waals surface area contributed by atoms with Gasteiger partial charge >= 0.3 is 0 Å². The molecule has 200 valence electrons. The molecule has 38 heavy (non-hydrogen) atoms. The topological polar surface area (TPSA) is 63.7 Å². The maximum Gasteiger partial charge on any atom is 0.251 e. The highest BCUT2D eigenvalue weighted by Gasteiger charge is 2.44. The van der Waals surface area contributed by atoms with Crippen LogP contribution in [-0.4, -0.2) is 47.6 Å². The van der Waals surface area contributed by atoms with E-state index in [1.807, 2.05) is 26.8 Å². The van der Waals surface area contributed by atoms with E-state index in [9.17, 15) is 9.18 Å². The Balaban J connectivity index is 1.33. The molecule has 1 aliphatic heterocycles. The number of carbonyl (C=O) groups excluding carboxylic acids is 1. The number of pyridine rings is 1. The molecule has 1 amide bonds. The fourth-order valence-corrected chi connectivity index (χ4v) is 6.10. The molecule has 3 aromatic rings. The molecule has 2 aliphatic rings. The molecule has 2 heterocycles. The van der Waals surface area contributed by atoms with Crippen molar-refractivity contribution in [2.75, 3.05) is 19.8 Å². The molecule has 6 nitrogen and oxygen atoms in total. The number of benzene rings is 2.